The van der Waals surface area contributed by atoms with Crippen molar-refractivity contribution in [1.82, 2.24) is 5.32 Å². The SMILES string of the molecule is CC(C)C[C@H](NC(=O)c1ccc(N)c(OCc2ccc3ccccc3c2)c1)C(=O)O. The van der Waals surface area contributed by atoms with Gasteiger partial charge in [0.25, 0.3) is 5.91 Å². The average Bonchev–Trinajstić information content (AvgIpc) is 2.72. The standard InChI is InChI=1S/C24H26N2O4/c1-15(2)11-21(24(28)29)26-23(27)19-9-10-20(25)22(13-19)30-14-16-7-8-17-5-3-4-6-18(17)12-16/h3-10,12-13,15,21H,11,14,25H2,1-2H3,(H,26,27)(H,28,29)/t21-/m0/s1. The summed E-state index contributed by atoms with van der Waals surface area (Å²) in [7, 11) is 0. The summed E-state index contributed by atoms with van der Waals surface area (Å²) in [5.74, 6) is -1.01. The van der Waals surface area contributed by atoms with Gasteiger partial charge in [-0.1, -0.05) is 50.2 Å². The number of fused-ring (bicyclic) bond motifs is 1. The molecule has 30 heavy (non-hydrogen) atoms. The van der Waals surface area contributed by atoms with E-state index < -0.39 is 17.9 Å². The van der Waals surface area contributed by atoms with E-state index in [1.807, 2.05) is 56.3 Å². The lowest BCUT2D eigenvalue weighted by atomic mass is 10.0. The first-order valence-corrected chi connectivity index (χ1v) is 9.87. The van der Waals surface area contributed by atoms with E-state index in [-0.39, 0.29) is 5.92 Å². The zero-order valence-electron chi connectivity index (χ0n) is 17.1. The highest BCUT2D eigenvalue weighted by atomic mass is 16.5. The van der Waals surface area contributed by atoms with Gasteiger partial charge in [0.05, 0.1) is 5.69 Å². The number of carbonyl (C=O) groups excluding carboxylic acids is 1. The van der Waals surface area contributed by atoms with Crippen LogP contribution in [-0.4, -0.2) is 23.0 Å². The Morgan fingerprint density at radius 1 is 1.03 bits per heavy atom. The minimum Gasteiger partial charge on any atom is -0.487 e. The molecule has 0 heterocycles. The molecular formula is C24H26N2O4. The Kier molecular flexibility index (Phi) is 6.57. The maximum Gasteiger partial charge on any atom is 0.326 e. The number of nitrogen functional groups attached to an aromatic ring is 1. The molecule has 3 rings (SSSR count). The van der Waals surface area contributed by atoms with Gasteiger partial charge in [0.15, 0.2) is 0 Å². The van der Waals surface area contributed by atoms with Crippen LogP contribution >= 0.6 is 0 Å². The van der Waals surface area contributed by atoms with E-state index in [1.54, 1.807) is 18.2 Å². The van der Waals surface area contributed by atoms with E-state index in [4.69, 9.17) is 10.5 Å². The minimum atomic E-state index is -1.06. The third-order valence-corrected chi connectivity index (χ3v) is 4.79. The highest BCUT2D eigenvalue weighted by molar-refractivity contribution is 5.97. The highest BCUT2D eigenvalue weighted by Crippen LogP contribution is 2.25. The van der Waals surface area contributed by atoms with Crippen LogP contribution in [-0.2, 0) is 11.4 Å². The van der Waals surface area contributed by atoms with Crippen LogP contribution in [0.1, 0.15) is 36.2 Å². The van der Waals surface area contributed by atoms with Crippen LogP contribution < -0.4 is 15.8 Å². The number of carboxylic acid groups (broad SMARTS) is 1. The van der Waals surface area contributed by atoms with Crippen molar-refractivity contribution in [3.8, 4) is 5.75 Å². The summed E-state index contributed by atoms with van der Waals surface area (Å²) in [4.78, 5) is 24.0. The number of benzene rings is 3. The van der Waals surface area contributed by atoms with Crippen molar-refractivity contribution >= 4 is 28.3 Å². The predicted molar refractivity (Wildman–Crippen MR) is 117 cm³/mol. The van der Waals surface area contributed by atoms with Gasteiger partial charge in [-0.2, -0.15) is 0 Å². The Bertz CT molecular complexity index is 1060. The third-order valence-electron chi connectivity index (χ3n) is 4.79. The van der Waals surface area contributed by atoms with Crippen molar-refractivity contribution in [2.24, 2.45) is 5.92 Å². The number of rotatable bonds is 8. The number of carboxylic acids is 1. The molecule has 4 N–H and O–H groups in total. The fourth-order valence-corrected chi connectivity index (χ4v) is 3.22. The van der Waals surface area contributed by atoms with Gasteiger partial charge in [-0.3, -0.25) is 4.79 Å². The van der Waals surface area contributed by atoms with Crippen molar-refractivity contribution in [3.05, 3.63) is 71.8 Å². The summed E-state index contributed by atoms with van der Waals surface area (Å²) < 4.78 is 5.86. The number of carbonyl (C=O) groups is 2. The second kappa shape index (κ2) is 9.31. The number of hydrogen-bond donors (Lipinski definition) is 3. The van der Waals surface area contributed by atoms with Crippen LogP contribution in [0.15, 0.2) is 60.7 Å². The van der Waals surface area contributed by atoms with Crippen molar-refractivity contribution < 1.29 is 19.4 Å². The van der Waals surface area contributed by atoms with Gasteiger partial charge < -0.3 is 20.9 Å². The maximum atomic E-state index is 12.6. The van der Waals surface area contributed by atoms with Crippen LogP contribution in [0.2, 0.25) is 0 Å². The van der Waals surface area contributed by atoms with Crippen LogP contribution in [0, 0.1) is 5.92 Å². The minimum absolute atomic E-state index is 0.138. The van der Waals surface area contributed by atoms with E-state index in [0.29, 0.717) is 30.0 Å². The average molecular weight is 406 g/mol. The normalized spacial score (nSPS) is 12.0. The molecule has 0 aliphatic rings. The molecule has 0 fully saturated rings. The highest BCUT2D eigenvalue weighted by Gasteiger charge is 2.22. The molecule has 0 aliphatic carbocycles. The molecule has 6 nitrogen and oxygen atoms in total. The number of amides is 1. The summed E-state index contributed by atoms with van der Waals surface area (Å²) in [6.45, 7) is 4.11. The van der Waals surface area contributed by atoms with Gasteiger partial charge in [0.1, 0.15) is 18.4 Å². The molecule has 0 saturated carbocycles. The fraction of sp³-hybridized carbons (Fsp3) is 0.250. The Balaban J connectivity index is 1.72. The van der Waals surface area contributed by atoms with Gasteiger partial charge in [-0.25, -0.2) is 4.79 Å². The Morgan fingerprint density at radius 3 is 2.47 bits per heavy atom. The predicted octanol–water partition coefficient (Wildman–Crippen LogP) is 4.23. The van der Waals surface area contributed by atoms with E-state index >= 15 is 0 Å². The molecule has 1 amide bonds. The summed E-state index contributed by atoms with van der Waals surface area (Å²) >= 11 is 0. The van der Waals surface area contributed by atoms with Crippen LogP contribution in [0.25, 0.3) is 10.8 Å². The number of aliphatic carboxylic acids is 1. The fourth-order valence-electron chi connectivity index (χ4n) is 3.22. The number of ether oxygens (including phenoxy) is 1. The summed E-state index contributed by atoms with van der Waals surface area (Å²) in [5.41, 5.74) is 7.69. The summed E-state index contributed by atoms with van der Waals surface area (Å²) in [6.07, 6.45) is 0.349. The largest absolute Gasteiger partial charge is 0.487 e. The Labute approximate surface area is 175 Å². The maximum absolute atomic E-state index is 12.6. The Morgan fingerprint density at radius 2 is 1.77 bits per heavy atom. The molecule has 0 spiro atoms. The van der Waals surface area contributed by atoms with Crippen molar-refractivity contribution in [1.29, 1.82) is 0 Å². The van der Waals surface area contributed by atoms with E-state index in [9.17, 15) is 14.7 Å². The molecule has 0 radical (unpaired) electrons. The molecule has 3 aromatic carbocycles. The molecule has 0 bridgehead atoms. The summed E-state index contributed by atoms with van der Waals surface area (Å²) in [5, 5.41) is 14.2. The molecule has 0 aromatic heterocycles. The first kappa shape index (κ1) is 21.2. The molecule has 0 unspecified atom stereocenters. The topological polar surface area (TPSA) is 102 Å². The Hall–Kier alpha value is -3.54. The van der Waals surface area contributed by atoms with E-state index in [0.717, 1.165) is 16.3 Å². The van der Waals surface area contributed by atoms with Crippen LogP contribution in [0.5, 0.6) is 5.75 Å². The summed E-state index contributed by atoms with van der Waals surface area (Å²) in [6, 6.07) is 17.9. The number of nitrogens with two attached hydrogens (primary N) is 1. The monoisotopic (exact) mass is 406 g/mol. The molecule has 1 atom stereocenters. The molecule has 156 valence electrons. The van der Waals surface area contributed by atoms with Crippen LogP contribution in [0.4, 0.5) is 5.69 Å². The number of nitrogens with one attached hydrogen (secondary N) is 1. The van der Waals surface area contributed by atoms with Gasteiger partial charge in [-0.05, 0) is 52.9 Å². The number of anilines is 1. The second-order valence-electron chi connectivity index (χ2n) is 7.72. The molecular weight excluding hydrogens is 380 g/mol. The second-order valence-corrected chi connectivity index (χ2v) is 7.72. The lowest BCUT2D eigenvalue weighted by Gasteiger charge is -2.17. The third kappa shape index (κ3) is 5.29. The smallest absolute Gasteiger partial charge is 0.326 e. The zero-order chi connectivity index (χ0) is 21.7. The van der Waals surface area contributed by atoms with Crippen molar-refractivity contribution in [2.75, 3.05) is 5.73 Å². The number of hydrogen-bond acceptors (Lipinski definition) is 4. The van der Waals surface area contributed by atoms with Crippen molar-refractivity contribution in [2.45, 2.75) is 32.9 Å². The lowest BCUT2D eigenvalue weighted by molar-refractivity contribution is -0.139. The van der Waals surface area contributed by atoms with Gasteiger partial charge in [-0.15, -0.1) is 0 Å². The quantitative estimate of drug-likeness (QED) is 0.486. The molecule has 6 heteroatoms. The van der Waals surface area contributed by atoms with Crippen LogP contribution in [0.3, 0.4) is 0 Å². The molecule has 3 aromatic rings. The van der Waals surface area contributed by atoms with Gasteiger partial charge in [0.2, 0.25) is 0 Å². The van der Waals surface area contributed by atoms with Gasteiger partial charge >= 0.3 is 5.97 Å². The molecule has 0 aliphatic heterocycles. The van der Waals surface area contributed by atoms with E-state index in [1.165, 1.54) is 0 Å². The van der Waals surface area contributed by atoms with Crippen molar-refractivity contribution in [3.63, 3.8) is 0 Å². The first-order valence-electron chi connectivity index (χ1n) is 9.87. The lowest BCUT2D eigenvalue weighted by Crippen LogP contribution is -2.41. The van der Waals surface area contributed by atoms with Gasteiger partial charge in [0, 0.05) is 5.56 Å². The first-order chi connectivity index (χ1) is 14.3. The molecule has 0 saturated heterocycles. The zero-order valence-corrected chi connectivity index (χ0v) is 17.1. The van der Waals surface area contributed by atoms with E-state index in [2.05, 4.69) is 5.32 Å².